The molecule has 1 aliphatic heterocycles. The summed E-state index contributed by atoms with van der Waals surface area (Å²) in [5, 5.41) is 0. The standard InChI is InChI=1S/C12H21NO5S/c1-10(14)3-4-12(15)13(6-7-18-2)11-5-8-19(16,17)9-11/h11H,3-9H2,1-2H3. The van der Waals surface area contributed by atoms with Gasteiger partial charge in [-0.2, -0.15) is 0 Å². The highest BCUT2D eigenvalue weighted by atomic mass is 32.2. The fraction of sp³-hybridized carbons (Fsp3) is 0.833. The molecule has 1 unspecified atom stereocenters. The van der Waals surface area contributed by atoms with Crippen LogP contribution in [0, 0.1) is 0 Å². The molecule has 1 amide bonds. The molecule has 6 nitrogen and oxygen atoms in total. The third-order valence-corrected chi connectivity index (χ3v) is 4.95. The van der Waals surface area contributed by atoms with Crippen molar-refractivity contribution in [2.45, 2.75) is 32.2 Å². The lowest BCUT2D eigenvalue weighted by Crippen LogP contribution is -2.43. The lowest BCUT2D eigenvalue weighted by molar-refractivity contribution is -0.135. The number of amides is 1. The number of methoxy groups -OCH3 is 1. The Morgan fingerprint density at radius 3 is 2.47 bits per heavy atom. The Bertz CT molecular complexity index is 431. The quantitative estimate of drug-likeness (QED) is 0.660. The van der Waals surface area contributed by atoms with Crippen molar-refractivity contribution in [3.8, 4) is 0 Å². The normalized spacial score (nSPS) is 21.3. The number of hydrogen-bond acceptors (Lipinski definition) is 5. The Kier molecular flexibility index (Phi) is 5.93. The van der Waals surface area contributed by atoms with E-state index in [2.05, 4.69) is 0 Å². The summed E-state index contributed by atoms with van der Waals surface area (Å²) >= 11 is 0. The molecule has 0 saturated carbocycles. The van der Waals surface area contributed by atoms with E-state index in [4.69, 9.17) is 4.74 Å². The predicted octanol–water partition coefficient (Wildman–Crippen LogP) is 0.0177. The van der Waals surface area contributed by atoms with Gasteiger partial charge in [-0.05, 0) is 13.3 Å². The van der Waals surface area contributed by atoms with Gasteiger partial charge in [-0.1, -0.05) is 0 Å². The molecule has 0 aliphatic carbocycles. The Morgan fingerprint density at radius 2 is 2.00 bits per heavy atom. The van der Waals surface area contributed by atoms with E-state index in [1.165, 1.54) is 14.0 Å². The maximum Gasteiger partial charge on any atom is 0.223 e. The van der Waals surface area contributed by atoms with E-state index in [1.54, 1.807) is 4.90 Å². The van der Waals surface area contributed by atoms with E-state index in [-0.39, 0.29) is 42.1 Å². The second-order valence-corrected chi connectivity index (χ2v) is 7.07. The van der Waals surface area contributed by atoms with Crippen molar-refractivity contribution in [3.05, 3.63) is 0 Å². The van der Waals surface area contributed by atoms with E-state index >= 15 is 0 Å². The molecule has 0 N–H and O–H groups in total. The van der Waals surface area contributed by atoms with E-state index in [9.17, 15) is 18.0 Å². The zero-order valence-electron chi connectivity index (χ0n) is 11.4. The minimum absolute atomic E-state index is 0.0164. The van der Waals surface area contributed by atoms with Crippen LogP contribution in [0.3, 0.4) is 0 Å². The largest absolute Gasteiger partial charge is 0.383 e. The van der Waals surface area contributed by atoms with Crippen molar-refractivity contribution in [1.29, 1.82) is 0 Å². The molecule has 1 rings (SSSR count). The van der Waals surface area contributed by atoms with Crippen LogP contribution in [-0.4, -0.2) is 62.8 Å². The number of hydrogen-bond donors (Lipinski definition) is 0. The number of ketones is 1. The summed E-state index contributed by atoms with van der Waals surface area (Å²) in [5.74, 6) is -0.0719. The van der Waals surface area contributed by atoms with Gasteiger partial charge in [0.05, 0.1) is 18.1 Å². The number of rotatable bonds is 7. The van der Waals surface area contributed by atoms with E-state index < -0.39 is 9.84 Å². The SMILES string of the molecule is COCCN(C(=O)CCC(C)=O)C1CCS(=O)(=O)C1. The average molecular weight is 291 g/mol. The summed E-state index contributed by atoms with van der Waals surface area (Å²) in [5.41, 5.74) is 0. The molecule has 1 atom stereocenters. The highest BCUT2D eigenvalue weighted by Gasteiger charge is 2.34. The molecule has 7 heteroatoms. The van der Waals surface area contributed by atoms with Gasteiger partial charge in [0.25, 0.3) is 0 Å². The van der Waals surface area contributed by atoms with Crippen LogP contribution in [0.5, 0.6) is 0 Å². The molecule has 1 aliphatic rings. The molecule has 1 saturated heterocycles. The summed E-state index contributed by atoms with van der Waals surface area (Å²) in [6.45, 7) is 2.17. The van der Waals surface area contributed by atoms with E-state index in [0.29, 0.717) is 19.6 Å². The summed E-state index contributed by atoms with van der Waals surface area (Å²) in [4.78, 5) is 24.5. The fourth-order valence-corrected chi connectivity index (χ4v) is 3.88. The van der Waals surface area contributed by atoms with E-state index in [0.717, 1.165) is 0 Å². The number of ether oxygens (including phenoxy) is 1. The maximum absolute atomic E-state index is 12.1. The highest BCUT2D eigenvalue weighted by Crippen LogP contribution is 2.18. The Morgan fingerprint density at radius 1 is 1.32 bits per heavy atom. The summed E-state index contributed by atoms with van der Waals surface area (Å²) in [6, 6.07) is -0.278. The van der Waals surface area contributed by atoms with Crippen LogP contribution in [0.15, 0.2) is 0 Å². The average Bonchev–Trinajstić information content (AvgIpc) is 2.67. The third-order valence-electron chi connectivity index (χ3n) is 3.20. The molecule has 0 bridgehead atoms. The highest BCUT2D eigenvalue weighted by molar-refractivity contribution is 7.91. The van der Waals surface area contributed by atoms with Crippen LogP contribution < -0.4 is 0 Å². The van der Waals surface area contributed by atoms with Crippen LogP contribution >= 0.6 is 0 Å². The molecule has 0 spiro atoms. The molecule has 1 heterocycles. The first kappa shape index (κ1) is 16.1. The predicted molar refractivity (Wildman–Crippen MR) is 70.6 cm³/mol. The third kappa shape index (κ3) is 5.28. The topological polar surface area (TPSA) is 80.8 Å². The molecule has 0 aromatic rings. The molecular formula is C12H21NO5S. The zero-order chi connectivity index (χ0) is 14.5. The minimum Gasteiger partial charge on any atom is -0.383 e. The Hall–Kier alpha value is -0.950. The molecule has 0 radical (unpaired) electrons. The number of nitrogens with zero attached hydrogens (tertiary/aromatic N) is 1. The second-order valence-electron chi connectivity index (χ2n) is 4.84. The number of Topliss-reactive ketones (excluding diaryl/α,β-unsaturated/α-hetero) is 1. The van der Waals surface area contributed by atoms with Crippen LogP contribution in [-0.2, 0) is 24.2 Å². The van der Waals surface area contributed by atoms with Gasteiger partial charge in [-0.25, -0.2) is 8.42 Å². The molecular weight excluding hydrogens is 270 g/mol. The smallest absolute Gasteiger partial charge is 0.223 e. The first-order valence-corrected chi connectivity index (χ1v) is 8.16. The van der Waals surface area contributed by atoms with Crippen molar-refractivity contribution < 1.29 is 22.7 Å². The first-order chi connectivity index (χ1) is 8.85. The van der Waals surface area contributed by atoms with Gasteiger partial charge in [0.2, 0.25) is 5.91 Å². The van der Waals surface area contributed by atoms with Crippen LogP contribution in [0.25, 0.3) is 0 Å². The van der Waals surface area contributed by atoms with Gasteiger partial charge < -0.3 is 14.4 Å². The van der Waals surface area contributed by atoms with Crippen molar-refractivity contribution in [3.63, 3.8) is 0 Å². The minimum atomic E-state index is -3.03. The number of carbonyl (C=O) groups is 2. The van der Waals surface area contributed by atoms with Gasteiger partial charge in [0, 0.05) is 32.5 Å². The Balaban J connectivity index is 2.66. The van der Waals surface area contributed by atoms with E-state index in [1.807, 2.05) is 0 Å². The van der Waals surface area contributed by atoms with Crippen molar-refractivity contribution in [2.75, 3.05) is 31.8 Å². The number of sulfone groups is 1. The van der Waals surface area contributed by atoms with Crippen LogP contribution in [0.1, 0.15) is 26.2 Å². The zero-order valence-corrected chi connectivity index (χ0v) is 12.2. The fourth-order valence-electron chi connectivity index (χ4n) is 2.15. The van der Waals surface area contributed by atoms with Gasteiger partial charge >= 0.3 is 0 Å². The lowest BCUT2D eigenvalue weighted by Gasteiger charge is -2.28. The van der Waals surface area contributed by atoms with Gasteiger partial charge in [-0.3, -0.25) is 4.79 Å². The summed E-state index contributed by atoms with van der Waals surface area (Å²) in [7, 11) is -1.50. The summed E-state index contributed by atoms with van der Waals surface area (Å²) < 4.78 is 27.9. The van der Waals surface area contributed by atoms with Crippen LogP contribution in [0.2, 0.25) is 0 Å². The first-order valence-electron chi connectivity index (χ1n) is 6.34. The van der Waals surface area contributed by atoms with Crippen molar-refractivity contribution >= 4 is 21.5 Å². The van der Waals surface area contributed by atoms with Gasteiger partial charge in [0.1, 0.15) is 5.78 Å². The van der Waals surface area contributed by atoms with Crippen molar-refractivity contribution in [2.24, 2.45) is 0 Å². The maximum atomic E-state index is 12.1. The number of carbonyl (C=O) groups excluding carboxylic acids is 2. The molecule has 110 valence electrons. The Labute approximate surface area is 114 Å². The van der Waals surface area contributed by atoms with Gasteiger partial charge in [0.15, 0.2) is 9.84 Å². The van der Waals surface area contributed by atoms with Gasteiger partial charge in [-0.15, -0.1) is 0 Å². The molecule has 0 aromatic carbocycles. The molecule has 19 heavy (non-hydrogen) atoms. The lowest BCUT2D eigenvalue weighted by atomic mass is 10.1. The monoisotopic (exact) mass is 291 g/mol. The second kappa shape index (κ2) is 7.00. The van der Waals surface area contributed by atoms with Crippen LogP contribution in [0.4, 0.5) is 0 Å². The summed E-state index contributed by atoms with van der Waals surface area (Å²) in [6.07, 6.45) is 0.801. The molecule has 1 fully saturated rings. The molecule has 0 aromatic heterocycles. The van der Waals surface area contributed by atoms with Crippen molar-refractivity contribution in [1.82, 2.24) is 4.90 Å².